The van der Waals surface area contributed by atoms with Crippen LogP contribution in [-0.4, -0.2) is 43.5 Å². The van der Waals surface area contributed by atoms with Gasteiger partial charge in [-0.3, -0.25) is 9.79 Å². The third kappa shape index (κ3) is 6.81. The molecular formula is C18H27FIN5O. The van der Waals surface area contributed by atoms with Crippen LogP contribution in [0.1, 0.15) is 25.3 Å². The van der Waals surface area contributed by atoms with Gasteiger partial charge in [-0.1, -0.05) is 6.92 Å². The molecule has 2 aromatic rings. The van der Waals surface area contributed by atoms with Gasteiger partial charge in [-0.15, -0.1) is 24.0 Å². The fraction of sp³-hybridized carbons (Fsp3) is 0.444. The molecule has 0 aliphatic rings. The van der Waals surface area contributed by atoms with Crippen LogP contribution >= 0.6 is 24.0 Å². The van der Waals surface area contributed by atoms with Crippen LogP contribution in [0.2, 0.25) is 0 Å². The Kier molecular flexibility index (Phi) is 10.0. The lowest BCUT2D eigenvalue weighted by Gasteiger charge is -2.11. The SMILES string of the molecule is CCCNC(=O)CCNC(=NC)NCCc1c[nH]c2cc(F)ccc12.I. The normalized spacial score (nSPS) is 11.1. The monoisotopic (exact) mass is 475 g/mol. The van der Waals surface area contributed by atoms with Gasteiger partial charge in [0.1, 0.15) is 5.82 Å². The Morgan fingerprint density at radius 1 is 1.19 bits per heavy atom. The van der Waals surface area contributed by atoms with Crippen molar-refractivity contribution in [3.05, 3.63) is 35.8 Å². The molecule has 0 fully saturated rings. The second-order valence-electron chi connectivity index (χ2n) is 5.78. The third-order valence-electron chi connectivity index (χ3n) is 3.86. The van der Waals surface area contributed by atoms with Gasteiger partial charge in [-0.25, -0.2) is 4.39 Å². The van der Waals surface area contributed by atoms with E-state index < -0.39 is 0 Å². The van der Waals surface area contributed by atoms with Gasteiger partial charge in [0.05, 0.1) is 0 Å². The number of nitrogens with zero attached hydrogens (tertiary/aromatic N) is 1. The molecule has 1 aromatic carbocycles. The first-order chi connectivity index (χ1) is 12.1. The summed E-state index contributed by atoms with van der Waals surface area (Å²) in [7, 11) is 1.70. The van der Waals surface area contributed by atoms with Crippen molar-refractivity contribution < 1.29 is 9.18 Å². The first kappa shape index (κ1) is 22.2. The van der Waals surface area contributed by atoms with Crippen molar-refractivity contribution >= 4 is 46.7 Å². The van der Waals surface area contributed by atoms with E-state index >= 15 is 0 Å². The first-order valence-electron chi connectivity index (χ1n) is 8.60. The van der Waals surface area contributed by atoms with Crippen molar-refractivity contribution in [2.24, 2.45) is 4.99 Å². The predicted molar refractivity (Wildman–Crippen MR) is 115 cm³/mol. The third-order valence-corrected chi connectivity index (χ3v) is 3.86. The summed E-state index contributed by atoms with van der Waals surface area (Å²) < 4.78 is 13.2. The molecule has 144 valence electrons. The summed E-state index contributed by atoms with van der Waals surface area (Å²) >= 11 is 0. The topological polar surface area (TPSA) is 81.3 Å². The molecule has 1 aromatic heterocycles. The maximum atomic E-state index is 13.2. The number of nitrogens with one attached hydrogen (secondary N) is 4. The largest absolute Gasteiger partial charge is 0.361 e. The predicted octanol–water partition coefficient (Wildman–Crippen LogP) is 2.55. The average molecular weight is 475 g/mol. The van der Waals surface area contributed by atoms with Gasteiger partial charge >= 0.3 is 0 Å². The molecule has 1 amide bonds. The second-order valence-corrected chi connectivity index (χ2v) is 5.78. The van der Waals surface area contributed by atoms with Gasteiger partial charge < -0.3 is 20.9 Å². The summed E-state index contributed by atoms with van der Waals surface area (Å²) in [6.07, 6.45) is 4.03. The Bertz CT molecular complexity index is 731. The Balaban J connectivity index is 0.00000338. The maximum absolute atomic E-state index is 13.2. The Hall–Kier alpha value is -1.84. The highest BCUT2D eigenvalue weighted by Crippen LogP contribution is 2.19. The van der Waals surface area contributed by atoms with Crippen molar-refractivity contribution in [1.82, 2.24) is 20.9 Å². The van der Waals surface area contributed by atoms with Gasteiger partial charge in [0.2, 0.25) is 5.91 Å². The highest BCUT2D eigenvalue weighted by atomic mass is 127. The highest BCUT2D eigenvalue weighted by Gasteiger charge is 2.06. The van der Waals surface area contributed by atoms with Crippen LogP contribution in [0.25, 0.3) is 10.9 Å². The Morgan fingerprint density at radius 3 is 2.69 bits per heavy atom. The van der Waals surface area contributed by atoms with Crippen molar-refractivity contribution in [3.8, 4) is 0 Å². The number of aromatic amines is 1. The zero-order chi connectivity index (χ0) is 18.1. The minimum Gasteiger partial charge on any atom is -0.361 e. The molecule has 0 radical (unpaired) electrons. The molecule has 8 heteroatoms. The number of amides is 1. The molecule has 0 atom stereocenters. The van der Waals surface area contributed by atoms with E-state index in [0.29, 0.717) is 32.0 Å². The van der Waals surface area contributed by atoms with Gasteiger partial charge in [0, 0.05) is 50.2 Å². The minimum atomic E-state index is -0.244. The van der Waals surface area contributed by atoms with E-state index in [2.05, 4.69) is 25.9 Å². The van der Waals surface area contributed by atoms with Crippen molar-refractivity contribution in [2.75, 3.05) is 26.7 Å². The number of guanidine groups is 1. The van der Waals surface area contributed by atoms with Crippen molar-refractivity contribution in [1.29, 1.82) is 0 Å². The number of hydrogen-bond donors (Lipinski definition) is 4. The summed E-state index contributed by atoms with van der Waals surface area (Å²) in [5.41, 5.74) is 1.92. The molecule has 0 aliphatic carbocycles. The second kappa shape index (κ2) is 11.7. The van der Waals surface area contributed by atoms with E-state index in [0.717, 1.165) is 29.3 Å². The highest BCUT2D eigenvalue weighted by molar-refractivity contribution is 14.0. The summed E-state index contributed by atoms with van der Waals surface area (Å²) in [5, 5.41) is 10.2. The first-order valence-corrected chi connectivity index (χ1v) is 8.60. The van der Waals surface area contributed by atoms with Crippen molar-refractivity contribution in [3.63, 3.8) is 0 Å². The maximum Gasteiger partial charge on any atom is 0.221 e. The summed E-state index contributed by atoms with van der Waals surface area (Å²) in [6, 6.07) is 4.76. The molecule has 4 N–H and O–H groups in total. The van der Waals surface area contributed by atoms with E-state index in [-0.39, 0.29) is 35.7 Å². The van der Waals surface area contributed by atoms with E-state index in [1.807, 2.05) is 13.1 Å². The summed E-state index contributed by atoms with van der Waals surface area (Å²) in [4.78, 5) is 18.8. The van der Waals surface area contributed by atoms with E-state index in [1.165, 1.54) is 12.1 Å². The number of benzene rings is 1. The molecule has 6 nitrogen and oxygen atoms in total. The minimum absolute atomic E-state index is 0. The van der Waals surface area contributed by atoms with E-state index in [1.54, 1.807) is 13.1 Å². The molecule has 2 rings (SSSR count). The van der Waals surface area contributed by atoms with Gasteiger partial charge in [-0.2, -0.15) is 0 Å². The summed E-state index contributed by atoms with van der Waals surface area (Å²) in [5.74, 6) is 0.455. The fourth-order valence-electron chi connectivity index (χ4n) is 2.55. The van der Waals surface area contributed by atoms with Gasteiger partial charge in [0.25, 0.3) is 0 Å². The number of aliphatic imine (C=N–C) groups is 1. The summed E-state index contributed by atoms with van der Waals surface area (Å²) in [6.45, 7) is 3.95. The van der Waals surface area contributed by atoms with Crippen LogP contribution in [0.4, 0.5) is 4.39 Å². The zero-order valence-electron chi connectivity index (χ0n) is 15.2. The van der Waals surface area contributed by atoms with E-state index in [4.69, 9.17) is 0 Å². The van der Waals surface area contributed by atoms with Crippen LogP contribution < -0.4 is 16.0 Å². The lowest BCUT2D eigenvalue weighted by atomic mass is 10.1. The number of hydrogen-bond acceptors (Lipinski definition) is 2. The molecule has 0 unspecified atom stereocenters. The lowest BCUT2D eigenvalue weighted by Crippen LogP contribution is -2.40. The number of rotatable bonds is 8. The number of carbonyl (C=O) groups excluding carboxylic acids is 1. The van der Waals surface area contributed by atoms with Crippen LogP contribution in [0.5, 0.6) is 0 Å². The Morgan fingerprint density at radius 2 is 1.96 bits per heavy atom. The van der Waals surface area contributed by atoms with Crippen LogP contribution in [0.15, 0.2) is 29.4 Å². The molecule has 26 heavy (non-hydrogen) atoms. The molecule has 0 bridgehead atoms. The smallest absolute Gasteiger partial charge is 0.221 e. The quantitative estimate of drug-likeness (QED) is 0.269. The fourth-order valence-corrected chi connectivity index (χ4v) is 2.55. The van der Waals surface area contributed by atoms with E-state index in [9.17, 15) is 9.18 Å². The molecule has 0 aliphatic heterocycles. The number of fused-ring (bicyclic) bond motifs is 1. The van der Waals surface area contributed by atoms with Crippen LogP contribution in [0.3, 0.4) is 0 Å². The molecular weight excluding hydrogens is 448 g/mol. The van der Waals surface area contributed by atoms with Crippen molar-refractivity contribution in [2.45, 2.75) is 26.2 Å². The number of aromatic nitrogens is 1. The molecule has 0 spiro atoms. The number of carbonyl (C=O) groups is 1. The molecule has 1 heterocycles. The number of H-pyrrole nitrogens is 1. The van der Waals surface area contributed by atoms with Crippen LogP contribution in [-0.2, 0) is 11.2 Å². The van der Waals surface area contributed by atoms with Gasteiger partial charge in [-0.05, 0) is 36.6 Å². The standard InChI is InChI=1S/C18H26FN5O.HI/c1-3-8-21-17(25)7-10-23-18(20-2)22-9-6-13-12-24-16-11-14(19)4-5-15(13)16;/h4-5,11-12,24H,3,6-10H2,1-2H3,(H,21,25)(H2,20,22,23);1H. The lowest BCUT2D eigenvalue weighted by molar-refractivity contribution is -0.120. The Labute approximate surface area is 170 Å². The zero-order valence-corrected chi connectivity index (χ0v) is 17.5. The molecule has 0 saturated heterocycles. The van der Waals surface area contributed by atoms with Crippen LogP contribution in [0, 0.1) is 5.82 Å². The van der Waals surface area contributed by atoms with Gasteiger partial charge in [0.15, 0.2) is 5.96 Å². The molecule has 0 saturated carbocycles. The number of halogens is 2. The average Bonchev–Trinajstić information content (AvgIpc) is 3.00.